The lowest BCUT2D eigenvalue weighted by Gasteiger charge is -2.05. The lowest BCUT2D eigenvalue weighted by atomic mass is 10.3. The average molecular weight is 245 g/mol. The van der Waals surface area contributed by atoms with E-state index in [0.717, 1.165) is 17.5 Å². The number of carbonyl (C=O) groups is 1. The number of carbonyl (C=O) groups excluding carboxylic acids is 1. The summed E-state index contributed by atoms with van der Waals surface area (Å²) in [6, 6.07) is 7.46. The van der Waals surface area contributed by atoms with Gasteiger partial charge in [-0.3, -0.25) is 4.79 Å². The summed E-state index contributed by atoms with van der Waals surface area (Å²) < 4.78 is 0. The van der Waals surface area contributed by atoms with Gasteiger partial charge < -0.3 is 10.6 Å². The fourth-order valence-corrected chi connectivity index (χ4v) is 1.44. The molecule has 0 fully saturated rings. The van der Waals surface area contributed by atoms with Crippen LogP contribution in [0.15, 0.2) is 24.3 Å². The molecule has 1 heterocycles. The number of aromatic nitrogens is 3. The van der Waals surface area contributed by atoms with E-state index in [1.54, 1.807) is 0 Å². The summed E-state index contributed by atoms with van der Waals surface area (Å²) in [4.78, 5) is 15.7. The van der Waals surface area contributed by atoms with Crippen molar-refractivity contribution >= 4 is 22.9 Å². The van der Waals surface area contributed by atoms with Crippen LogP contribution in [0.25, 0.3) is 11.0 Å². The van der Waals surface area contributed by atoms with Crippen molar-refractivity contribution in [2.75, 3.05) is 18.4 Å². The van der Waals surface area contributed by atoms with Gasteiger partial charge in [-0.15, -0.1) is 10.2 Å². The van der Waals surface area contributed by atoms with E-state index < -0.39 is 0 Å². The van der Waals surface area contributed by atoms with Crippen LogP contribution in [0.1, 0.15) is 13.3 Å². The Morgan fingerprint density at radius 2 is 2.00 bits per heavy atom. The average Bonchev–Trinajstić information content (AvgIpc) is 2.42. The molecule has 2 aromatic rings. The van der Waals surface area contributed by atoms with Gasteiger partial charge in [-0.05, 0) is 18.6 Å². The predicted molar refractivity (Wildman–Crippen MR) is 69.1 cm³/mol. The molecule has 6 heteroatoms. The molecule has 0 saturated carbocycles. The minimum Gasteiger partial charge on any atom is -0.355 e. The summed E-state index contributed by atoms with van der Waals surface area (Å²) in [6.07, 6.45) is 0.916. The topological polar surface area (TPSA) is 79.8 Å². The number of para-hydroxylation sites is 1. The second-order valence-electron chi connectivity index (χ2n) is 3.83. The van der Waals surface area contributed by atoms with Gasteiger partial charge in [-0.25, -0.2) is 4.98 Å². The van der Waals surface area contributed by atoms with Crippen LogP contribution in [0.4, 0.5) is 5.95 Å². The maximum Gasteiger partial charge on any atom is 0.243 e. The molecule has 0 aliphatic carbocycles. The molecule has 0 radical (unpaired) electrons. The first-order valence-corrected chi connectivity index (χ1v) is 5.89. The highest BCUT2D eigenvalue weighted by atomic mass is 16.1. The van der Waals surface area contributed by atoms with Gasteiger partial charge in [0, 0.05) is 6.54 Å². The van der Waals surface area contributed by atoms with E-state index in [2.05, 4.69) is 25.8 Å². The van der Waals surface area contributed by atoms with E-state index in [1.165, 1.54) is 0 Å². The van der Waals surface area contributed by atoms with Gasteiger partial charge in [0.05, 0.1) is 12.1 Å². The lowest BCUT2D eigenvalue weighted by molar-refractivity contribution is -0.119. The van der Waals surface area contributed by atoms with E-state index >= 15 is 0 Å². The number of hydrogen-bond acceptors (Lipinski definition) is 5. The van der Waals surface area contributed by atoms with E-state index in [9.17, 15) is 4.79 Å². The first-order valence-electron chi connectivity index (χ1n) is 5.89. The number of rotatable bonds is 5. The second kappa shape index (κ2) is 5.90. The standard InChI is InChI=1S/C12H15N5O/c1-2-7-13-11(18)8-14-12-15-9-5-3-4-6-10(9)16-17-12/h3-6H,2,7-8H2,1H3,(H,13,18)(H,14,15,17). The van der Waals surface area contributed by atoms with Gasteiger partial charge in [0.1, 0.15) is 5.52 Å². The van der Waals surface area contributed by atoms with E-state index in [0.29, 0.717) is 12.5 Å². The Hall–Kier alpha value is -2.24. The molecule has 1 amide bonds. The van der Waals surface area contributed by atoms with Crippen LogP contribution in [0.5, 0.6) is 0 Å². The minimum atomic E-state index is -0.0754. The molecular formula is C12H15N5O. The highest BCUT2D eigenvalue weighted by Crippen LogP contribution is 2.08. The van der Waals surface area contributed by atoms with Crippen LogP contribution in [-0.2, 0) is 4.79 Å². The molecule has 0 saturated heterocycles. The highest BCUT2D eigenvalue weighted by molar-refractivity contribution is 5.80. The number of fused-ring (bicyclic) bond motifs is 1. The monoisotopic (exact) mass is 245 g/mol. The first-order chi connectivity index (χ1) is 8.79. The Morgan fingerprint density at radius 3 is 2.78 bits per heavy atom. The highest BCUT2D eigenvalue weighted by Gasteiger charge is 2.03. The molecule has 0 aliphatic rings. The van der Waals surface area contributed by atoms with Crippen LogP contribution >= 0.6 is 0 Å². The maximum atomic E-state index is 11.4. The Morgan fingerprint density at radius 1 is 1.22 bits per heavy atom. The van der Waals surface area contributed by atoms with Gasteiger partial charge in [-0.1, -0.05) is 19.1 Å². The first kappa shape index (κ1) is 12.2. The molecule has 1 aromatic carbocycles. The number of amides is 1. The SMILES string of the molecule is CCCNC(=O)CNc1nnc2ccccc2n1. The molecule has 2 rings (SSSR count). The number of nitrogens with one attached hydrogen (secondary N) is 2. The quantitative estimate of drug-likeness (QED) is 0.820. The summed E-state index contributed by atoms with van der Waals surface area (Å²) in [5.74, 6) is 0.286. The minimum absolute atomic E-state index is 0.0754. The van der Waals surface area contributed by atoms with Crippen molar-refractivity contribution < 1.29 is 4.79 Å². The van der Waals surface area contributed by atoms with Crippen molar-refractivity contribution in [3.8, 4) is 0 Å². The molecule has 6 nitrogen and oxygen atoms in total. The van der Waals surface area contributed by atoms with E-state index in [4.69, 9.17) is 0 Å². The van der Waals surface area contributed by atoms with Gasteiger partial charge in [-0.2, -0.15) is 0 Å². The molecular weight excluding hydrogens is 230 g/mol. The molecule has 0 bridgehead atoms. The largest absolute Gasteiger partial charge is 0.355 e. The summed E-state index contributed by atoms with van der Waals surface area (Å²) >= 11 is 0. The van der Waals surface area contributed by atoms with Crippen molar-refractivity contribution in [2.24, 2.45) is 0 Å². The number of anilines is 1. The third-order valence-electron chi connectivity index (χ3n) is 2.34. The Kier molecular flexibility index (Phi) is 4.01. The fraction of sp³-hybridized carbons (Fsp3) is 0.333. The zero-order valence-electron chi connectivity index (χ0n) is 10.2. The molecule has 0 unspecified atom stereocenters. The predicted octanol–water partition coefficient (Wildman–Crippen LogP) is 0.963. The summed E-state index contributed by atoms with van der Waals surface area (Å²) in [6.45, 7) is 2.83. The van der Waals surface area contributed by atoms with Gasteiger partial charge in [0.15, 0.2) is 0 Å². The Labute approximate surface area is 105 Å². The van der Waals surface area contributed by atoms with Crippen molar-refractivity contribution in [3.05, 3.63) is 24.3 Å². The molecule has 94 valence electrons. The molecule has 2 N–H and O–H groups in total. The second-order valence-corrected chi connectivity index (χ2v) is 3.83. The van der Waals surface area contributed by atoms with Crippen molar-refractivity contribution in [2.45, 2.75) is 13.3 Å². The lowest BCUT2D eigenvalue weighted by Crippen LogP contribution is -2.30. The summed E-state index contributed by atoms with van der Waals surface area (Å²) in [5, 5.41) is 13.5. The smallest absolute Gasteiger partial charge is 0.243 e. The number of benzene rings is 1. The van der Waals surface area contributed by atoms with Gasteiger partial charge in [0.25, 0.3) is 0 Å². The zero-order valence-corrected chi connectivity index (χ0v) is 10.2. The Balaban J connectivity index is 1.97. The van der Waals surface area contributed by atoms with Crippen LogP contribution in [0.2, 0.25) is 0 Å². The third-order valence-corrected chi connectivity index (χ3v) is 2.34. The summed E-state index contributed by atoms with van der Waals surface area (Å²) in [5.41, 5.74) is 1.49. The van der Waals surface area contributed by atoms with E-state index in [-0.39, 0.29) is 12.5 Å². The number of hydrogen-bond donors (Lipinski definition) is 2. The zero-order chi connectivity index (χ0) is 12.8. The van der Waals surface area contributed by atoms with Crippen LogP contribution in [0, 0.1) is 0 Å². The maximum absolute atomic E-state index is 11.4. The summed E-state index contributed by atoms with van der Waals surface area (Å²) in [7, 11) is 0. The number of nitrogens with zero attached hydrogens (tertiary/aromatic N) is 3. The fourth-order valence-electron chi connectivity index (χ4n) is 1.44. The van der Waals surface area contributed by atoms with Crippen LogP contribution < -0.4 is 10.6 Å². The van der Waals surface area contributed by atoms with Crippen LogP contribution in [-0.4, -0.2) is 34.2 Å². The van der Waals surface area contributed by atoms with Crippen LogP contribution in [0.3, 0.4) is 0 Å². The molecule has 18 heavy (non-hydrogen) atoms. The van der Waals surface area contributed by atoms with E-state index in [1.807, 2.05) is 31.2 Å². The molecule has 1 aromatic heterocycles. The van der Waals surface area contributed by atoms with Gasteiger partial charge >= 0.3 is 0 Å². The molecule has 0 aliphatic heterocycles. The third kappa shape index (κ3) is 3.13. The van der Waals surface area contributed by atoms with Crippen molar-refractivity contribution in [1.82, 2.24) is 20.5 Å². The van der Waals surface area contributed by atoms with Crippen molar-refractivity contribution in [3.63, 3.8) is 0 Å². The van der Waals surface area contributed by atoms with Crippen molar-refractivity contribution in [1.29, 1.82) is 0 Å². The van der Waals surface area contributed by atoms with Gasteiger partial charge in [0.2, 0.25) is 11.9 Å². The molecule has 0 atom stereocenters. The Bertz CT molecular complexity index is 543. The normalized spacial score (nSPS) is 10.3. The molecule has 0 spiro atoms.